The number of anilines is 1. The zero-order chi connectivity index (χ0) is 13.7. The Labute approximate surface area is 114 Å². The van der Waals surface area contributed by atoms with Crippen LogP contribution in [0.15, 0.2) is 18.5 Å². The number of hydrogen-bond acceptors (Lipinski definition) is 5. The summed E-state index contributed by atoms with van der Waals surface area (Å²) in [5.74, 6) is -0.189. The normalized spacial score (nSPS) is 25.3. The molecule has 0 radical (unpaired) electrons. The lowest BCUT2D eigenvalue weighted by Crippen LogP contribution is -2.46. The van der Waals surface area contributed by atoms with Crippen molar-refractivity contribution in [1.82, 2.24) is 14.6 Å². The van der Waals surface area contributed by atoms with Gasteiger partial charge in [0.05, 0.1) is 31.5 Å². The highest BCUT2D eigenvalue weighted by Crippen LogP contribution is 2.33. The molecule has 2 aromatic rings. The summed E-state index contributed by atoms with van der Waals surface area (Å²) < 4.78 is 7.06. The number of fused-ring (bicyclic) bond motifs is 3. The summed E-state index contributed by atoms with van der Waals surface area (Å²) in [6.45, 7) is 1.43. The van der Waals surface area contributed by atoms with Gasteiger partial charge in [0.25, 0.3) is 0 Å². The van der Waals surface area contributed by atoms with Crippen LogP contribution in [0.5, 0.6) is 0 Å². The molecule has 2 aromatic heterocycles. The summed E-state index contributed by atoms with van der Waals surface area (Å²) in [4.78, 5) is 18.0. The van der Waals surface area contributed by atoms with Gasteiger partial charge in [-0.05, 0) is 18.9 Å². The molecule has 0 saturated carbocycles. The summed E-state index contributed by atoms with van der Waals surface area (Å²) in [5.41, 5.74) is 0.522. The molecule has 104 valence electrons. The minimum Gasteiger partial charge on any atom is -0.477 e. The molecule has 1 N–H and O–H groups in total. The smallest absolute Gasteiger partial charge is 0.341 e. The summed E-state index contributed by atoms with van der Waals surface area (Å²) in [6.07, 6.45) is 5.30. The van der Waals surface area contributed by atoms with E-state index < -0.39 is 5.97 Å². The minimum absolute atomic E-state index is 0.132. The molecule has 2 saturated heterocycles. The Kier molecular flexibility index (Phi) is 2.43. The minimum atomic E-state index is -1.01. The summed E-state index contributed by atoms with van der Waals surface area (Å²) in [6, 6.07) is 2.59. The van der Waals surface area contributed by atoms with Gasteiger partial charge in [0, 0.05) is 6.20 Å². The quantitative estimate of drug-likeness (QED) is 0.872. The van der Waals surface area contributed by atoms with Crippen LogP contribution in [-0.2, 0) is 4.74 Å². The molecule has 4 rings (SSSR count). The molecular formula is C13H14N4O3. The maximum Gasteiger partial charge on any atom is 0.341 e. The largest absolute Gasteiger partial charge is 0.477 e. The molecule has 4 heterocycles. The second kappa shape index (κ2) is 4.17. The predicted octanol–water partition coefficient (Wildman–Crippen LogP) is 0.795. The third-order valence-corrected chi connectivity index (χ3v) is 4.09. The van der Waals surface area contributed by atoms with Gasteiger partial charge in [0.1, 0.15) is 11.4 Å². The third kappa shape index (κ3) is 1.59. The van der Waals surface area contributed by atoms with Gasteiger partial charge in [-0.25, -0.2) is 14.3 Å². The second-order valence-electron chi connectivity index (χ2n) is 5.25. The number of nitrogens with zero attached hydrogens (tertiary/aromatic N) is 4. The van der Waals surface area contributed by atoms with E-state index >= 15 is 0 Å². The van der Waals surface area contributed by atoms with E-state index in [-0.39, 0.29) is 5.56 Å². The summed E-state index contributed by atoms with van der Waals surface area (Å²) in [7, 11) is 0. The molecule has 0 aromatic carbocycles. The van der Waals surface area contributed by atoms with E-state index in [1.165, 1.54) is 10.7 Å². The molecule has 0 amide bonds. The number of rotatable bonds is 2. The van der Waals surface area contributed by atoms with E-state index in [1.807, 2.05) is 6.07 Å². The van der Waals surface area contributed by atoms with E-state index in [2.05, 4.69) is 15.0 Å². The fourth-order valence-electron chi connectivity index (χ4n) is 3.16. The van der Waals surface area contributed by atoms with Gasteiger partial charge >= 0.3 is 5.97 Å². The first-order valence-corrected chi connectivity index (χ1v) is 6.68. The first-order chi connectivity index (χ1) is 9.74. The van der Waals surface area contributed by atoms with Crippen molar-refractivity contribution in [3.05, 3.63) is 24.0 Å². The molecular weight excluding hydrogens is 260 g/mol. The van der Waals surface area contributed by atoms with Crippen LogP contribution in [0.2, 0.25) is 0 Å². The molecule has 2 atom stereocenters. The van der Waals surface area contributed by atoms with Crippen LogP contribution in [0.25, 0.3) is 5.65 Å². The summed E-state index contributed by atoms with van der Waals surface area (Å²) >= 11 is 0. The zero-order valence-corrected chi connectivity index (χ0v) is 10.8. The SMILES string of the molecule is O=C(O)c1cnn2ccc(N3C4CCC3COC4)nc12. The van der Waals surface area contributed by atoms with Gasteiger partial charge in [-0.2, -0.15) is 5.10 Å². The number of aromatic carboxylic acids is 1. The Morgan fingerprint density at radius 1 is 1.35 bits per heavy atom. The first-order valence-electron chi connectivity index (χ1n) is 6.68. The maximum atomic E-state index is 11.2. The number of hydrogen-bond donors (Lipinski definition) is 1. The van der Waals surface area contributed by atoms with Gasteiger partial charge in [-0.15, -0.1) is 0 Å². The molecule has 0 aliphatic carbocycles. The van der Waals surface area contributed by atoms with E-state index in [9.17, 15) is 4.79 Å². The molecule has 2 aliphatic heterocycles. The van der Waals surface area contributed by atoms with E-state index in [0.717, 1.165) is 18.7 Å². The number of carboxylic acid groups (broad SMARTS) is 1. The fraction of sp³-hybridized carbons (Fsp3) is 0.462. The van der Waals surface area contributed by atoms with Crippen molar-refractivity contribution < 1.29 is 14.6 Å². The second-order valence-corrected chi connectivity index (χ2v) is 5.25. The number of morpholine rings is 1. The van der Waals surface area contributed by atoms with Crippen molar-refractivity contribution in [3.63, 3.8) is 0 Å². The van der Waals surface area contributed by atoms with Gasteiger partial charge < -0.3 is 14.7 Å². The Hall–Kier alpha value is -2.15. The van der Waals surface area contributed by atoms with Crippen molar-refractivity contribution in [2.24, 2.45) is 0 Å². The van der Waals surface area contributed by atoms with E-state index in [4.69, 9.17) is 9.84 Å². The highest BCUT2D eigenvalue weighted by molar-refractivity contribution is 5.94. The molecule has 2 fully saturated rings. The number of carboxylic acids is 1. The van der Waals surface area contributed by atoms with Crippen LogP contribution in [0.4, 0.5) is 5.82 Å². The molecule has 7 heteroatoms. The average molecular weight is 274 g/mol. The lowest BCUT2D eigenvalue weighted by molar-refractivity contribution is 0.0698. The highest BCUT2D eigenvalue weighted by Gasteiger charge is 2.38. The monoisotopic (exact) mass is 274 g/mol. The van der Waals surface area contributed by atoms with Crippen LogP contribution in [0, 0.1) is 0 Å². The van der Waals surface area contributed by atoms with Gasteiger partial charge in [0.15, 0.2) is 5.65 Å². The van der Waals surface area contributed by atoms with Crippen LogP contribution in [0.1, 0.15) is 23.2 Å². The molecule has 2 unspecified atom stereocenters. The molecule has 2 aliphatic rings. The van der Waals surface area contributed by atoms with Crippen LogP contribution in [-0.4, -0.2) is 51.0 Å². The standard InChI is InChI=1S/C13H14N4O3/c18-13(19)10-5-14-16-4-3-11(15-12(10)16)17-8-1-2-9(17)7-20-6-8/h3-5,8-9H,1-2,6-7H2,(H,18,19). The Bertz CT molecular complexity index is 667. The van der Waals surface area contributed by atoms with Gasteiger partial charge in [0.2, 0.25) is 0 Å². The predicted molar refractivity (Wildman–Crippen MR) is 70.1 cm³/mol. The third-order valence-electron chi connectivity index (χ3n) is 4.09. The maximum absolute atomic E-state index is 11.2. The van der Waals surface area contributed by atoms with Crippen LogP contribution < -0.4 is 4.90 Å². The van der Waals surface area contributed by atoms with Crippen molar-refractivity contribution in [1.29, 1.82) is 0 Å². The fourth-order valence-corrected chi connectivity index (χ4v) is 3.16. The Morgan fingerprint density at radius 2 is 2.10 bits per heavy atom. The number of carbonyl (C=O) groups is 1. The van der Waals surface area contributed by atoms with Gasteiger partial charge in [-0.3, -0.25) is 0 Å². The summed E-state index contributed by atoms with van der Waals surface area (Å²) in [5, 5.41) is 13.2. The molecule has 20 heavy (non-hydrogen) atoms. The first kappa shape index (κ1) is 11.7. The molecule has 2 bridgehead atoms. The Balaban J connectivity index is 1.80. The molecule has 7 nitrogen and oxygen atoms in total. The van der Waals surface area contributed by atoms with Gasteiger partial charge in [-0.1, -0.05) is 0 Å². The van der Waals surface area contributed by atoms with Crippen molar-refractivity contribution in [2.75, 3.05) is 18.1 Å². The number of ether oxygens (including phenoxy) is 1. The van der Waals surface area contributed by atoms with Crippen molar-refractivity contribution in [2.45, 2.75) is 24.9 Å². The topological polar surface area (TPSA) is 80.0 Å². The highest BCUT2D eigenvalue weighted by atomic mass is 16.5. The van der Waals surface area contributed by atoms with Crippen LogP contribution >= 0.6 is 0 Å². The zero-order valence-electron chi connectivity index (χ0n) is 10.8. The average Bonchev–Trinajstić information content (AvgIpc) is 2.97. The molecule has 0 spiro atoms. The van der Waals surface area contributed by atoms with Crippen molar-refractivity contribution in [3.8, 4) is 0 Å². The lowest BCUT2D eigenvalue weighted by Gasteiger charge is -2.35. The van der Waals surface area contributed by atoms with Crippen molar-refractivity contribution >= 4 is 17.4 Å². The Morgan fingerprint density at radius 3 is 2.80 bits per heavy atom. The van der Waals surface area contributed by atoms with Crippen LogP contribution in [0.3, 0.4) is 0 Å². The number of aromatic nitrogens is 3. The lowest BCUT2D eigenvalue weighted by atomic mass is 10.2. The van der Waals surface area contributed by atoms with E-state index in [1.54, 1.807) is 6.20 Å². The van der Waals surface area contributed by atoms with E-state index in [0.29, 0.717) is 30.9 Å².